The number of rotatable bonds is 2. The molecule has 1 aliphatic rings. The maximum absolute atomic E-state index is 8.41. The molecule has 1 heterocycles. The first-order valence-electron chi connectivity index (χ1n) is 5.64. The molecule has 17 heavy (non-hydrogen) atoms. The van der Waals surface area contributed by atoms with Crippen LogP contribution in [0.2, 0.25) is 10.0 Å². The minimum absolute atomic E-state index is 0.0280. The van der Waals surface area contributed by atoms with E-state index in [1.54, 1.807) is 0 Å². The van der Waals surface area contributed by atoms with Crippen molar-refractivity contribution in [1.82, 2.24) is 5.32 Å². The Kier molecular flexibility index (Phi) is 2.85. The average molecular weight is 273 g/mol. The van der Waals surface area contributed by atoms with E-state index in [-0.39, 0.29) is 33.5 Å². The fraction of sp³-hybridized carbons (Fsp3) is 0.222. The normalized spacial score (nSPS) is 15.3. The van der Waals surface area contributed by atoms with Crippen molar-refractivity contribution < 1.29 is 2.74 Å². The number of hydrogen-bond donors (Lipinski definition) is 2. The van der Waals surface area contributed by atoms with Crippen molar-refractivity contribution in [3.05, 3.63) is 32.6 Å². The highest BCUT2D eigenvalue weighted by molar-refractivity contribution is 6.40. The van der Waals surface area contributed by atoms with Gasteiger partial charge in [-0.3, -0.25) is 4.99 Å². The lowest BCUT2D eigenvalue weighted by molar-refractivity contribution is 0.959. The zero-order valence-electron chi connectivity index (χ0n) is 10.5. The molecule has 8 heteroatoms. The van der Waals surface area contributed by atoms with Gasteiger partial charge in [-0.1, -0.05) is 28.3 Å². The summed E-state index contributed by atoms with van der Waals surface area (Å²) in [6, 6.07) is -0.509. The predicted octanol–water partition coefficient (Wildman–Crippen LogP) is 3.31. The third-order valence-corrected chi connectivity index (χ3v) is 2.52. The van der Waals surface area contributed by atoms with E-state index in [0.717, 1.165) is 0 Å². The molecule has 1 aromatic rings. The third kappa shape index (κ3) is 2.74. The molecule has 0 saturated carbocycles. The van der Waals surface area contributed by atoms with Crippen LogP contribution in [0.15, 0.2) is 22.2 Å². The Morgan fingerprint density at radius 1 is 1.53 bits per heavy atom. The van der Waals surface area contributed by atoms with Crippen molar-refractivity contribution in [2.75, 3.05) is 18.4 Å². The number of hydrogen-bond acceptors (Lipinski definition) is 4. The molecule has 0 spiro atoms. The van der Waals surface area contributed by atoms with Crippen LogP contribution in [0, 0.1) is 0 Å². The highest BCUT2D eigenvalue weighted by Crippen LogP contribution is 2.35. The lowest BCUT2D eigenvalue weighted by Gasteiger charge is -2.11. The van der Waals surface area contributed by atoms with Gasteiger partial charge in [0.15, 0.2) is 5.96 Å². The molecule has 0 amide bonds. The summed E-state index contributed by atoms with van der Waals surface area (Å²) in [5.41, 5.74) is 8.40. The molecule has 0 radical (unpaired) electrons. The number of aliphatic imine (C=N–C) groups is 1. The monoisotopic (exact) mass is 272 g/mol. The summed E-state index contributed by atoms with van der Waals surface area (Å²) in [5, 5.41) is 8.99. The van der Waals surface area contributed by atoms with Crippen molar-refractivity contribution in [3.63, 3.8) is 0 Å². The molecule has 88 valence electrons. The van der Waals surface area contributed by atoms with Crippen LogP contribution in [0.25, 0.3) is 10.4 Å². The molecule has 6 nitrogen and oxygen atoms in total. The maximum Gasteiger partial charge on any atom is 0.196 e. The largest absolute Gasteiger partial charge is 0.354 e. The molecule has 2 N–H and O–H groups in total. The predicted molar refractivity (Wildman–Crippen MR) is 69.2 cm³/mol. The third-order valence-electron chi connectivity index (χ3n) is 1.96. The smallest absolute Gasteiger partial charge is 0.196 e. The highest BCUT2D eigenvalue weighted by atomic mass is 35.5. The summed E-state index contributed by atoms with van der Waals surface area (Å²) >= 11 is 12.0. The second kappa shape index (κ2) is 5.14. The van der Waals surface area contributed by atoms with E-state index in [1.807, 2.05) is 0 Å². The second-order valence-electron chi connectivity index (χ2n) is 3.07. The molecule has 1 aliphatic heterocycles. The first-order valence-corrected chi connectivity index (χ1v) is 5.40. The van der Waals surface area contributed by atoms with E-state index in [0.29, 0.717) is 19.0 Å². The summed E-state index contributed by atoms with van der Waals surface area (Å²) in [4.78, 5) is 6.66. The van der Waals surface area contributed by atoms with Crippen LogP contribution in [0.4, 0.5) is 11.4 Å². The van der Waals surface area contributed by atoms with E-state index >= 15 is 0 Å². The molecule has 0 atom stereocenters. The molecule has 0 bridgehead atoms. The molecule has 0 aromatic heterocycles. The zero-order valence-corrected chi connectivity index (χ0v) is 9.97. The summed E-state index contributed by atoms with van der Waals surface area (Å²) in [6.45, 7) is 1.31. The quantitative estimate of drug-likeness (QED) is 0.492. The summed E-state index contributed by atoms with van der Waals surface area (Å²) in [6.07, 6.45) is 0. The van der Waals surface area contributed by atoms with Gasteiger partial charge in [-0.2, -0.15) is 0 Å². The van der Waals surface area contributed by atoms with Gasteiger partial charge < -0.3 is 10.6 Å². The van der Waals surface area contributed by atoms with E-state index in [1.165, 1.54) is 0 Å². The number of anilines is 1. The summed E-state index contributed by atoms with van der Waals surface area (Å²) in [7, 11) is 0. The number of benzene rings is 1. The fourth-order valence-corrected chi connectivity index (χ4v) is 1.78. The average Bonchev–Trinajstić information content (AvgIpc) is 2.90. The van der Waals surface area contributed by atoms with Crippen molar-refractivity contribution in [1.29, 1.82) is 0 Å². The van der Waals surface area contributed by atoms with Gasteiger partial charge in [0, 0.05) is 17.1 Å². The summed E-state index contributed by atoms with van der Waals surface area (Å²) < 4.78 is 15.6. The van der Waals surface area contributed by atoms with Gasteiger partial charge in [0.05, 0.1) is 25.0 Å². The first kappa shape index (κ1) is 9.41. The van der Waals surface area contributed by atoms with E-state index in [9.17, 15) is 0 Å². The number of nitrogens with zero attached hydrogens (tertiary/aromatic N) is 4. The van der Waals surface area contributed by atoms with Crippen LogP contribution in [0.3, 0.4) is 0 Å². The lowest BCUT2D eigenvalue weighted by atomic mass is 10.3. The molecule has 0 saturated heterocycles. The van der Waals surface area contributed by atoms with Gasteiger partial charge >= 0.3 is 0 Å². The first-order chi connectivity index (χ1) is 9.06. The van der Waals surface area contributed by atoms with Crippen LogP contribution in [-0.2, 0) is 0 Å². The molecular formula is C9H8Cl2N6. The van der Waals surface area contributed by atoms with Gasteiger partial charge in [-0.15, -0.1) is 0 Å². The van der Waals surface area contributed by atoms with Gasteiger partial charge in [0.1, 0.15) is 0 Å². The standard InChI is InChI=1S/C9H8Cl2N6/c10-6-3-5(16-17-12)4-7(11)8(6)15-9-13-1-2-14-9/h3-4H,1-2H2,(H2,13,14,15)/i3D,4D. The number of guanidine groups is 1. The molecule has 0 aliphatic carbocycles. The molecule has 0 fully saturated rings. The molecule has 1 aromatic carbocycles. The lowest BCUT2D eigenvalue weighted by Crippen LogP contribution is -2.26. The van der Waals surface area contributed by atoms with Crippen molar-refractivity contribution in [2.45, 2.75) is 0 Å². The van der Waals surface area contributed by atoms with Crippen LogP contribution < -0.4 is 10.6 Å². The molecular weight excluding hydrogens is 263 g/mol. The number of halogens is 2. The van der Waals surface area contributed by atoms with E-state index in [4.69, 9.17) is 31.5 Å². The second-order valence-corrected chi connectivity index (χ2v) is 3.83. The Labute approximate surface area is 110 Å². The van der Waals surface area contributed by atoms with Gasteiger partial charge in [0.25, 0.3) is 0 Å². The maximum atomic E-state index is 8.41. The molecule has 0 unspecified atom stereocenters. The fourth-order valence-electron chi connectivity index (χ4n) is 1.27. The Morgan fingerprint density at radius 3 is 2.76 bits per heavy atom. The van der Waals surface area contributed by atoms with Crippen LogP contribution in [-0.4, -0.2) is 19.0 Å². The number of azide groups is 1. The minimum Gasteiger partial charge on any atom is -0.354 e. The highest BCUT2D eigenvalue weighted by Gasteiger charge is 2.11. The van der Waals surface area contributed by atoms with Crippen LogP contribution >= 0.6 is 23.2 Å². The van der Waals surface area contributed by atoms with Crippen molar-refractivity contribution in [3.8, 4) is 0 Å². The molecule has 2 rings (SSSR count). The SMILES string of the molecule is [2H]c1c(Cl)c(NC2=NCCN2)c(Cl)c([2H])c1N=[N+]=[N-]. The van der Waals surface area contributed by atoms with E-state index < -0.39 is 0 Å². The Balaban J connectivity index is 2.53. The summed E-state index contributed by atoms with van der Waals surface area (Å²) in [5.74, 6) is 0.471. The zero-order chi connectivity index (χ0) is 14.0. The van der Waals surface area contributed by atoms with Gasteiger partial charge in [-0.25, -0.2) is 0 Å². The van der Waals surface area contributed by atoms with Gasteiger partial charge in [0.2, 0.25) is 0 Å². The Hall–Kier alpha value is -1.62. The topological polar surface area (TPSA) is 85.2 Å². The van der Waals surface area contributed by atoms with Crippen LogP contribution in [0.1, 0.15) is 2.74 Å². The Bertz CT molecular complexity index is 582. The van der Waals surface area contributed by atoms with Gasteiger partial charge in [-0.05, 0) is 17.6 Å². The van der Waals surface area contributed by atoms with Crippen molar-refractivity contribution in [2.24, 2.45) is 10.1 Å². The van der Waals surface area contributed by atoms with E-state index in [2.05, 4.69) is 25.7 Å². The van der Waals surface area contributed by atoms with Crippen molar-refractivity contribution >= 4 is 40.5 Å². The minimum atomic E-state index is -0.255. The number of nitrogens with one attached hydrogen (secondary N) is 2. The van der Waals surface area contributed by atoms with Crippen LogP contribution in [0.5, 0.6) is 0 Å². The Morgan fingerprint density at radius 2 is 2.24 bits per heavy atom.